The molecule has 2 fully saturated rings. The van der Waals surface area contributed by atoms with Crippen LogP contribution in [0.25, 0.3) is 11.1 Å². The number of fused-ring (bicyclic) bond motifs is 2. The minimum Gasteiger partial charge on any atom is -0.373 e. The summed E-state index contributed by atoms with van der Waals surface area (Å²) in [4.78, 5) is 2.55. The van der Waals surface area contributed by atoms with E-state index in [2.05, 4.69) is 53.9 Å². The molecule has 3 nitrogen and oxygen atoms in total. The molecule has 2 aromatic rings. The first-order chi connectivity index (χ1) is 13.8. The lowest BCUT2D eigenvalue weighted by Crippen LogP contribution is -2.40. The van der Waals surface area contributed by atoms with Gasteiger partial charge in [0.25, 0.3) is 0 Å². The molecule has 2 bridgehead atoms. The van der Waals surface area contributed by atoms with Gasteiger partial charge in [-0.2, -0.15) is 0 Å². The van der Waals surface area contributed by atoms with E-state index < -0.39 is 0 Å². The van der Waals surface area contributed by atoms with Crippen molar-refractivity contribution in [2.45, 2.75) is 50.4 Å². The van der Waals surface area contributed by atoms with E-state index in [0.29, 0.717) is 19.3 Å². The van der Waals surface area contributed by atoms with Gasteiger partial charge < -0.3 is 9.47 Å². The van der Waals surface area contributed by atoms with E-state index in [-0.39, 0.29) is 5.60 Å². The van der Waals surface area contributed by atoms with E-state index in [9.17, 15) is 0 Å². The Balaban J connectivity index is 1.45. The summed E-state index contributed by atoms with van der Waals surface area (Å²) in [5.41, 5.74) is 6.92. The normalized spacial score (nSPS) is 22.9. The van der Waals surface area contributed by atoms with Gasteiger partial charge >= 0.3 is 0 Å². The van der Waals surface area contributed by atoms with Crippen LogP contribution >= 0.6 is 0 Å². The van der Waals surface area contributed by atoms with Crippen molar-refractivity contribution < 1.29 is 9.47 Å². The Morgan fingerprint density at radius 2 is 1.93 bits per heavy atom. The van der Waals surface area contributed by atoms with Crippen LogP contribution in [0, 0.1) is 0 Å². The van der Waals surface area contributed by atoms with Crippen molar-refractivity contribution in [2.24, 2.45) is 0 Å². The summed E-state index contributed by atoms with van der Waals surface area (Å²) in [7, 11) is 0. The third-order valence-electron chi connectivity index (χ3n) is 6.69. The van der Waals surface area contributed by atoms with E-state index in [4.69, 9.17) is 9.47 Å². The van der Waals surface area contributed by atoms with Gasteiger partial charge in [-0.05, 0) is 40.7 Å². The molecule has 1 spiro atoms. The standard InChI is InChI=1S/C25H29NO2/c1-2-15-27-16-22-21-12-11-20(19-9-5-3-6-10-19)23(22)24(21)26-17-25(28-18-26)13-7-4-8-14-25/h2-3,5-6,9-12,24H,1,4,7-8,13-18H2. The van der Waals surface area contributed by atoms with Gasteiger partial charge in [0, 0.05) is 6.54 Å². The molecular formula is C25H29NO2. The Morgan fingerprint density at radius 1 is 1.11 bits per heavy atom. The second kappa shape index (κ2) is 7.47. The molecule has 1 aliphatic heterocycles. The highest BCUT2D eigenvalue weighted by molar-refractivity contribution is 5.76. The highest BCUT2D eigenvalue weighted by atomic mass is 16.5. The van der Waals surface area contributed by atoms with Gasteiger partial charge in [-0.15, -0.1) is 6.58 Å². The van der Waals surface area contributed by atoms with Gasteiger partial charge in [0.15, 0.2) is 0 Å². The summed E-state index contributed by atoms with van der Waals surface area (Å²) in [5.74, 6) is 0. The van der Waals surface area contributed by atoms with Crippen LogP contribution in [0.5, 0.6) is 0 Å². The predicted octanol–water partition coefficient (Wildman–Crippen LogP) is 5.45. The van der Waals surface area contributed by atoms with Crippen LogP contribution in [0.1, 0.15) is 54.8 Å². The first-order valence-corrected chi connectivity index (χ1v) is 10.6. The summed E-state index contributed by atoms with van der Waals surface area (Å²) < 4.78 is 12.2. The molecule has 1 saturated heterocycles. The highest BCUT2D eigenvalue weighted by Crippen LogP contribution is 2.51. The van der Waals surface area contributed by atoms with Gasteiger partial charge in [-0.3, -0.25) is 4.90 Å². The van der Waals surface area contributed by atoms with Crippen LogP contribution in [0.15, 0.2) is 55.1 Å². The summed E-state index contributed by atoms with van der Waals surface area (Å²) in [6.07, 6.45) is 8.21. The van der Waals surface area contributed by atoms with Gasteiger partial charge in [-0.1, -0.05) is 67.8 Å². The Bertz CT molecular complexity index is 854. The maximum atomic E-state index is 6.40. The summed E-state index contributed by atoms with van der Waals surface area (Å²) in [5, 5.41) is 0. The molecule has 5 rings (SSSR count). The first-order valence-electron chi connectivity index (χ1n) is 10.6. The molecule has 146 valence electrons. The third-order valence-corrected chi connectivity index (χ3v) is 6.69. The quantitative estimate of drug-likeness (QED) is 0.495. The number of nitrogens with zero attached hydrogens (tertiary/aromatic N) is 1. The Kier molecular flexibility index (Phi) is 4.83. The maximum Gasteiger partial charge on any atom is 0.101 e. The molecule has 0 aromatic heterocycles. The number of rotatable bonds is 6. The second-order valence-electron chi connectivity index (χ2n) is 8.43. The van der Waals surface area contributed by atoms with Crippen molar-refractivity contribution >= 4 is 0 Å². The van der Waals surface area contributed by atoms with Crippen LogP contribution in [0.2, 0.25) is 0 Å². The molecule has 1 atom stereocenters. The zero-order valence-electron chi connectivity index (χ0n) is 16.5. The number of benzene rings is 2. The molecule has 2 aromatic carbocycles. The molecule has 3 aliphatic rings. The van der Waals surface area contributed by atoms with Gasteiger partial charge in [0.1, 0.15) is 6.73 Å². The van der Waals surface area contributed by atoms with Crippen molar-refractivity contribution in [3.05, 3.63) is 71.8 Å². The second-order valence-corrected chi connectivity index (χ2v) is 8.43. The van der Waals surface area contributed by atoms with E-state index in [1.165, 1.54) is 59.9 Å². The maximum absolute atomic E-state index is 6.40. The fraction of sp³-hybridized carbons (Fsp3) is 0.440. The van der Waals surface area contributed by atoms with Crippen LogP contribution in [-0.4, -0.2) is 30.4 Å². The van der Waals surface area contributed by atoms with Crippen molar-refractivity contribution in [3.63, 3.8) is 0 Å². The molecule has 2 aliphatic carbocycles. The zero-order valence-corrected chi connectivity index (χ0v) is 16.5. The van der Waals surface area contributed by atoms with Crippen LogP contribution in [0.4, 0.5) is 0 Å². The third kappa shape index (κ3) is 3.02. The van der Waals surface area contributed by atoms with Crippen molar-refractivity contribution in [1.29, 1.82) is 0 Å². The zero-order chi connectivity index (χ0) is 19.0. The molecule has 1 saturated carbocycles. The smallest absolute Gasteiger partial charge is 0.101 e. The Morgan fingerprint density at radius 3 is 2.71 bits per heavy atom. The van der Waals surface area contributed by atoms with Crippen molar-refractivity contribution in [3.8, 4) is 11.1 Å². The topological polar surface area (TPSA) is 21.7 Å². The van der Waals surface area contributed by atoms with E-state index in [1.807, 2.05) is 6.08 Å². The van der Waals surface area contributed by atoms with Crippen LogP contribution < -0.4 is 0 Å². The monoisotopic (exact) mass is 375 g/mol. The minimum atomic E-state index is 0.0966. The lowest BCUT2D eigenvalue weighted by molar-refractivity contribution is -0.0226. The fourth-order valence-corrected chi connectivity index (χ4v) is 5.33. The molecule has 0 N–H and O–H groups in total. The van der Waals surface area contributed by atoms with E-state index in [0.717, 1.165) is 13.3 Å². The number of hydrogen-bond donors (Lipinski definition) is 0. The lowest BCUT2D eigenvalue weighted by Gasteiger charge is -2.41. The van der Waals surface area contributed by atoms with E-state index in [1.54, 1.807) is 0 Å². The number of hydrogen-bond acceptors (Lipinski definition) is 3. The SMILES string of the molecule is C=CCOCc1c2ccc(-c3ccccc3)c1C2N1COC2(CCCCC2)C1. The predicted molar refractivity (Wildman–Crippen MR) is 112 cm³/mol. The van der Waals surface area contributed by atoms with Crippen LogP contribution in [0.3, 0.4) is 0 Å². The average molecular weight is 376 g/mol. The van der Waals surface area contributed by atoms with Gasteiger partial charge in [0.05, 0.1) is 24.9 Å². The average Bonchev–Trinajstić information content (AvgIpc) is 3.14. The minimum absolute atomic E-state index is 0.0966. The number of ether oxygens (including phenoxy) is 2. The molecular weight excluding hydrogens is 346 g/mol. The summed E-state index contributed by atoms with van der Waals surface area (Å²) in [6.45, 7) is 6.82. The van der Waals surface area contributed by atoms with Crippen LogP contribution in [-0.2, 0) is 16.1 Å². The highest BCUT2D eigenvalue weighted by Gasteiger charge is 2.47. The van der Waals surface area contributed by atoms with Crippen molar-refractivity contribution in [2.75, 3.05) is 19.9 Å². The molecule has 3 heteroatoms. The Hall–Kier alpha value is -1.94. The van der Waals surface area contributed by atoms with Gasteiger partial charge in [-0.25, -0.2) is 0 Å². The molecule has 28 heavy (non-hydrogen) atoms. The summed E-state index contributed by atoms with van der Waals surface area (Å²) in [6, 6.07) is 15.7. The summed E-state index contributed by atoms with van der Waals surface area (Å²) >= 11 is 0. The van der Waals surface area contributed by atoms with E-state index >= 15 is 0 Å². The molecule has 0 radical (unpaired) electrons. The Labute approximate surface area is 168 Å². The molecule has 1 heterocycles. The fourth-order valence-electron chi connectivity index (χ4n) is 5.33. The first kappa shape index (κ1) is 18.1. The molecule has 1 unspecified atom stereocenters. The van der Waals surface area contributed by atoms with Crippen molar-refractivity contribution in [1.82, 2.24) is 4.90 Å². The lowest BCUT2D eigenvalue weighted by atomic mass is 9.74. The molecule has 0 amide bonds. The largest absolute Gasteiger partial charge is 0.373 e. The van der Waals surface area contributed by atoms with Gasteiger partial charge in [0.2, 0.25) is 0 Å².